The fraction of sp³-hybridized carbons (Fsp3) is 0. The predicted molar refractivity (Wildman–Crippen MR) is 36.3 cm³/mol. The standard InChI is InChI=1S/C5H3ClNOS/c6-4-1-2-7(8)5(9)3-4/h1-3H. The molecule has 0 aromatic carbocycles. The van der Waals surface area contributed by atoms with Crippen LogP contribution in [0.1, 0.15) is 0 Å². The van der Waals surface area contributed by atoms with E-state index in [0.717, 1.165) is 0 Å². The number of aromatic nitrogens is 1. The molecule has 1 aromatic heterocycles. The van der Waals surface area contributed by atoms with Gasteiger partial charge in [-0.25, -0.2) is 0 Å². The summed E-state index contributed by atoms with van der Waals surface area (Å²) < 4.78 is 0.585. The van der Waals surface area contributed by atoms with Crippen molar-refractivity contribution in [1.29, 1.82) is 0 Å². The lowest BCUT2D eigenvalue weighted by molar-refractivity contribution is -0.645. The Balaban J connectivity index is 3.17. The molecule has 0 atom stereocenters. The van der Waals surface area contributed by atoms with Gasteiger partial charge < -0.3 is 5.21 Å². The lowest BCUT2D eigenvalue weighted by atomic mass is 10.5. The average Bonchev–Trinajstić information content (AvgIpc) is 1.80. The SMILES string of the molecule is [O-][n+]1ccc(Cl)cc1[S]. The molecule has 0 saturated heterocycles. The topological polar surface area (TPSA) is 26.9 Å². The van der Waals surface area contributed by atoms with Gasteiger partial charge >= 0.3 is 0 Å². The Morgan fingerprint density at radius 1 is 1.67 bits per heavy atom. The van der Waals surface area contributed by atoms with E-state index < -0.39 is 0 Å². The minimum atomic E-state index is 0.197. The highest BCUT2D eigenvalue weighted by atomic mass is 35.5. The Bertz CT molecular complexity index is 228. The molecule has 4 heteroatoms. The molecule has 0 bridgehead atoms. The van der Waals surface area contributed by atoms with Crippen LogP contribution in [-0.2, 0) is 0 Å². The molecule has 0 aliphatic heterocycles. The van der Waals surface area contributed by atoms with Crippen molar-refractivity contribution in [2.24, 2.45) is 0 Å². The second kappa shape index (κ2) is 2.37. The van der Waals surface area contributed by atoms with Crippen LogP contribution in [0.15, 0.2) is 23.4 Å². The van der Waals surface area contributed by atoms with Gasteiger partial charge in [0.1, 0.15) is 0 Å². The molecule has 9 heavy (non-hydrogen) atoms. The first-order valence-corrected chi connectivity index (χ1v) is 3.04. The molecule has 0 fully saturated rings. The number of halogens is 1. The second-order valence-electron chi connectivity index (χ2n) is 1.51. The van der Waals surface area contributed by atoms with Gasteiger partial charge in [0.05, 0.1) is 5.02 Å². The smallest absolute Gasteiger partial charge is 0.284 e. The summed E-state index contributed by atoms with van der Waals surface area (Å²) in [6.07, 6.45) is 1.28. The van der Waals surface area contributed by atoms with Crippen LogP contribution < -0.4 is 4.73 Å². The molecule has 2 nitrogen and oxygen atoms in total. The molecule has 1 aromatic rings. The second-order valence-corrected chi connectivity index (χ2v) is 2.36. The fourth-order valence-corrected chi connectivity index (χ4v) is 0.854. The summed E-state index contributed by atoms with van der Waals surface area (Å²) in [4.78, 5) is 0. The summed E-state index contributed by atoms with van der Waals surface area (Å²) in [5.41, 5.74) is 0. The molecule has 0 amide bonds. The van der Waals surface area contributed by atoms with Gasteiger partial charge in [-0.05, 0) is 12.6 Å². The summed E-state index contributed by atoms with van der Waals surface area (Å²) in [6.45, 7) is 0. The number of hydrogen-bond donors (Lipinski definition) is 0. The van der Waals surface area contributed by atoms with E-state index in [1.54, 1.807) is 0 Å². The van der Waals surface area contributed by atoms with Crippen LogP contribution in [0.4, 0.5) is 0 Å². The molecule has 1 heterocycles. The average molecular weight is 161 g/mol. The van der Waals surface area contributed by atoms with E-state index >= 15 is 0 Å². The van der Waals surface area contributed by atoms with Gasteiger partial charge in [0.15, 0.2) is 6.20 Å². The minimum absolute atomic E-state index is 0.197. The first-order valence-electron chi connectivity index (χ1n) is 2.26. The van der Waals surface area contributed by atoms with Crippen molar-refractivity contribution in [3.05, 3.63) is 28.6 Å². The van der Waals surface area contributed by atoms with Crippen molar-refractivity contribution >= 4 is 24.2 Å². The Labute approximate surface area is 63.1 Å². The summed E-state index contributed by atoms with van der Waals surface area (Å²) >= 11 is 10.1. The van der Waals surface area contributed by atoms with Crippen molar-refractivity contribution in [1.82, 2.24) is 0 Å². The van der Waals surface area contributed by atoms with E-state index in [0.29, 0.717) is 9.75 Å². The van der Waals surface area contributed by atoms with Crippen molar-refractivity contribution in [3.8, 4) is 0 Å². The number of nitrogens with zero attached hydrogens (tertiary/aromatic N) is 1. The van der Waals surface area contributed by atoms with Crippen LogP contribution in [-0.4, -0.2) is 0 Å². The van der Waals surface area contributed by atoms with E-state index in [1.165, 1.54) is 18.3 Å². The molecule has 47 valence electrons. The number of rotatable bonds is 0. The summed E-state index contributed by atoms with van der Waals surface area (Å²) in [7, 11) is 0. The molecule has 0 unspecified atom stereocenters. The Kier molecular flexibility index (Phi) is 1.73. The zero-order valence-corrected chi connectivity index (χ0v) is 5.95. The first-order chi connectivity index (χ1) is 4.20. The third kappa shape index (κ3) is 1.43. The lowest BCUT2D eigenvalue weighted by Crippen LogP contribution is -2.26. The minimum Gasteiger partial charge on any atom is -0.618 e. The van der Waals surface area contributed by atoms with Crippen LogP contribution in [0.25, 0.3) is 0 Å². The maximum atomic E-state index is 10.5. The Morgan fingerprint density at radius 2 is 2.33 bits per heavy atom. The van der Waals surface area contributed by atoms with Crippen LogP contribution in [0.2, 0.25) is 5.02 Å². The predicted octanol–water partition coefficient (Wildman–Crippen LogP) is 1.53. The van der Waals surface area contributed by atoms with Gasteiger partial charge in [0.25, 0.3) is 5.03 Å². The van der Waals surface area contributed by atoms with Crippen LogP contribution in [0.5, 0.6) is 0 Å². The lowest BCUT2D eigenvalue weighted by Gasteiger charge is -1.95. The van der Waals surface area contributed by atoms with Gasteiger partial charge in [-0.15, -0.1) is 0 Å². The molecule has 1 radical (unpaired) electrons. The molecule has 1 rings (SSSR count). The van der Waals surface area contributed by atoms with Crippen LogP contribution in [0.3, 0.4) is 0 Å². The third-order valence-corrected chi connectivity index (χ3v) is 1.38. The highest BCUT2D eigenvalue weighted by molar-refractivity contribution is 7.80. The van der Waals surface area contributed by atoms with Gasteiger partial charge in [-0.3, -0.25) is 0 Å². The van der Waals surface area contributed by atoms with Crippen LogP contribution in [0, 0.1) is 5.21 Å². The largest absolute Gasteiger partial charge is 0.618 e. The maximum absolute atomic E-state index is 10.5. The normalized spacial score (nSPS) is 9.44. The summed E-state index contributed by atoms with van der Waals surface area (Å²) in [5, 5.41) is 11.2. The molecule has 0 spiro atoms. The van der Waals surface area contributed by atoms with Crippen molar-refractivity contribution in [2.45, 2.75) is 5.03 Å². The van der Waals surface area contributed by atoms with Gasteiger partial charge in [-0.1, -0.05) is 11.6 Å². The first kappa shape index (κ1) is 6.58. The monoisotopic (exact) mass is 160 g/mol. The van der Waals surface area contributed by atoms with Gasteiger partial charge in [0.2, 0.25) is 0 Å². The molecular formula is C5H3ClNOS. The maximum Gasteiger partial charge on any atom is 0.284 e. The Hall–Kier alpha value is -0.540. The fourth-order valence-electron chi connectivity index (χ4n) is 0.442. The Morgan fingerprint density at radius 3 is 2.78 bits per heavy atom. The molecule has 0 saturated carbocycles. The highest BCUT2D eigenvalue weighted by Crippen LogP contribution is 2.08. The zero-order chi connectivity index (χ0) is 6.85. The number of hydrogen-bond acceptors (Lipinski definition) is 1. The van der Waals surface area contributed by atoms with Crippen molar-refractivity contribution in [3.63, 3.8) is 0 Å². The molecule has 0 aliphatic carbocycles. The van der Waals surface area contributed by atoms with Crippen molar-refractivity contribution in [2.75, 3.05) is 0 Å². The summed E-state index contributed by atoms with van der Waals surface area (Å²) in [6, 6.07) is 2.92. The third-order valence-electron chi connectivity index (χ3n) is 0.848. The van der Waals surface area contributed by atoms with Crippen molar-refractivity contribution < 1.29 is 4.73 Å². The molecular weight excluding hydrogens is 158 g/mol. The van der Waals surface area contributed by atoms with E-state index in [4.69, 9.17) is 11.6 Å². The van der Waals surface area contributed by atoms with E-state index in [-0.39, 0.29) is 5.03 Å². The van der Waals surface area contributed by atoms with Gasteiger partial charge in [-0.2, -0.15) is 4.73 Å². The highest BCUT2D eigenvalue weighted by Gasteiger charge is 1.98. The van der Waals surface area contributed by atoms with E-state index in [2.05, 4.69) is 12.6 Å². The molecule has 0 aliphatic rings. The van der Waals surface area contributed by atoms with Crippen LogP contribution >= 0.6 is 24.2 Å². The van der Waals surface area contributed by atoms with E-state index in [1.807, 2.05) is 0 Å². The molecule has 0 N–H and O–H groups in total. The zero-order valence-electron chi connectivity index (χ0n) is 4.37. The van der Waals surface area contributed by atoms with E-state index in [9.17, 15) is 5.21 Å². The summed E-state index contributed by atoms with van der Waals surface area (Å²) in [5.74, 6) is 0. The number of pyridine rings is 1. The van der Waals surface area contributed by atoms with Gasteiger partial charge in [0, 0.05) is 12.1 Å². The quantitative estimate of drug-likeness (QED) is 0.418.